The van der Waals surface area contributed by atoms with Crippen molar-refractivity contribution in [2.45, 2.75) is 32.0 Å². The third kappa shape index (κ3) is 2.30. The summed E-state index contributed by atoms with van der Waals surface area (Å²) < 4.78 is 5.08. The number of benzene rings is 1. The van der Waals surface area contributed by atoms with Crippen molar-refractivity contribution >= 4 is 12.1 Å². The van der Waals surface area contributed by atoms with Crippen LogP contribution >= 0.6 is 0 Å². The Kier molecular flexibility index (Phi) is 3.50. The number of aliphatic carboxylic acids is 1. The van der Waals surface area contributed by atoms with E-state index in [9.17, 15) is 14.7 Å². The molecule has 1 heterocycles. The topological polar surface area (TPSA) is 66.8 Å². The smallest absolute Gasteiger partial charge is 0.411 e. The van der Waals surface area contributed by atoms with Gasteiger partial charge in [-0.3, -0.25) is 4.90 Å². The number of hydrogen-bond acceptors (Lipinski definition) is 3. The van der Waals surface area contributed by atoms with Gasteiger partial charge in [-0.15, -0.1) is 0 Å². The van der Waals surface area contributed by atoms with Gasteiger partial charge in [0.05, 0.1) is 6.54 Å². The minimum atomic E-state index is -1.02. The summed E-state index contributed by atoms with van der Waals surface area (Å²) in [7, 11) is 0. The zero-order chi connectivity index (χ0) is 13.1. The zero-order valence-electron chi connectivity index (χ0n) is 10.1. The van der Waals surface area contributed by atoms with Crippen LogP contribution in [-0.2, 0) is 16.1 Å². The largest absolute Gasteiger partial charge is 0.480 e. The van der Waals surface area contributed by atoms with E-state index in [1.165, 1.54) is 4.90 Å². The number of carbonyl (C=O) groups excluding carboxylic acids is 1. The third-order valence-electron chi connectivity index (χ3n) is 3.03. The summed E-state index contributed by atoms with van der Waals surface area (Å²) in [5.41, 5.74) is 0.887. The molecule has 5 nitrogen and oxygen atoms in total. The van der Waals surface area contributed by atoms with Crippen molar-refractivity contribution in [3.63, 3.8) is 0 Å². The summed E-state index contributed by atoms with van der Waals surface area (Å²) >= 11 is 0. The number of rotatable bonds is 4. The summed E-state index contributed by atoms with van der Waals surface area (Å²) in [6, 6.07) is 8.38. The van der Waals surface area contributed by atoms with Crippen LogP contribution in [0.5, 0.6) is 0 Å². The molecule has 5 heteroatoms. The van der Waals surface area contributed by atoms with Gasteiger partial charge < -0.3 is 9.84 Å². The SMILES string of the molecule is CCC1OC(=O)N(Cc2ccccc2)C1C(=O)O. The van der Waals surface area contributed by atoms with Crippen molar-refractivity contribution in [3.8, 4) is 0 Å². The van der Waals surface area contributed by atoms with Crippen LogP contribution in [0.3, 0.4) is 0 Å². The first-order chi connectivity index (χ1) is 8.63. The zero-order valence-corrected chi connectivity index (χ0v) is 10.1. The molecule has 0 bridgehead atoms. The van der Waals surface area contributed by atoms with Crippen LogP contribution in [0.1, 0.15) is 18.9 Å². The molecule has 1 aliphatic heterocycles. The molecule has 2 rings (SSSR count). The van der Waals surface area contributed by atoms with E-state index >= 15 is 0 Å². The molecule has 2 unspecified atom stereocenters. The van der Waals surface area contributed by atoms with Crippen molar-refractivity contribution in [3.05, 3.63) is 35.9 Å². The second kappa shape index (κ2) is 5.08. The van der Waals surface area contributed by atoms with E-state index < -0.39 is 24.2 Å². The molecule has 1 aromatic rings. The fraction of sp³-hybridized carbons (Fsp3) is 0.385. The Morgan fingerprint density at radius 3 is 2.61 bits per heavy atom. The third-order valence-corrected chi connectivity index (χ3v) is 3.03. The quantitative estimate of drug-likeness (QED) is 0.884. The summed E-state index contributed by atoms with van der Waals surface area (Å²) in [5, 5.41) is 9.21. The molecule has 1 aliphatic rings. The lowest BCUT2D eigenvalue weighted by Gasteiger charge is -2.20. The number of cyclic esters (lactones) is 1. The van der Waals surface area contributed by atoms with E-state index in [-0.39, 0.29) is 6.54 Å². The van der Waals surface area contributed by atoms with Gasteiger partial charge in [0.1, 0.15) is 6.10 Å². The highest BCUT2D eigenvalue weighted by molar-refractivity contribution is 5.83. The van der Waals surface area contributed by atoms with Gasteiger partial charge in [0.15, 0.2) is 6.04 Å². The second-order valence-corrected chi connectivity index (χ2v) is 4.23. The molecule has 1 aromatic carbocycles. The Balaban J connectivity index is 2.19. The van der Waals surface area contributed by atoms with Crippen molar-refractivity contribution in [1.82, 2.24) is 4.90 Å². The minimum absolute atomic E-state index is 0.257. The number of carbonyl (C=O) groups is 2. The number of hydrogen-bond donors (Lipinski definition) is 1. The first kappa shape index (κ1) is 12.4. The Morgan fingerprint density at radius 2 is 2.06 bits per heavy atom. The van der Waals surface area contributed by atoms with Crippen LogP contribution in [0.15, 0.2) is 30.3 Å². The fourth-order valence-electron chi connectivity index (χ4n) is 2.12. The van der Waals surface area contributed by atoms with E-state index in [1.54, 1.807) is 6.92 Å². The molecule has 0 spiro atoms. The monoisotopic (exact) mass is 249 g/mol. The van der Waals surface area contributed by atoms with Crippen molar-refractivity contribution in [2.24, 2.45) is 0 Å². The molecule has 1 fully saturated rings. The first-order valence-electron chi connectivity index (χ1n) is 5.87. The van der Waals surface area contributed by atoms with Gasteiger partial charge in [0.25, 0.3) is 0 Å². The predicted octanol–water partition coefficient (Wildman–Crippen LogP) is 1.87. The highest BCUT2D eigenvalue weighted by Crippen LogP contribution is 2.24. The van der Waals surface area contributed by atoms with Gasteiger partial charge >= 0.3 is 12.1 Å². The van der Waals surface area contributed by atoms with Crippen LogP contribution < -0.4 is 0 Å². The van der Waals surface area contributed by atoms with Gasteiger partial charge in [0, 0.05) is 0 Å². The lowest BCUT2D eigenvalue weighted by molar-refractivity contribution is -0.143. The van der Waals surface area contributed by atoms with E-state index in [1.807, 2.05) is 30.3 Å². The number of nitrogens with zero attached hydrogens (tertiary/aromatic N) is 1. The maximum Gasteiger partial charge on any atom is 0.411 e. The van der Waals surface area contributed by atoms with Crippen LogP contribution in [0.4, 0.5) is 4.79 Å². The molecule has 1 saturated heterocycles. The Morgan fingerprint density at radius 1 is 1.39 bits per heavy atom. The minimum Gasteiger partial charge on any atom is -0.480 e. The first-order valence-corrected chi connectivity index (χ1v) is 5.87. The van der Waals surface area contributed by atoms with E-state index in [0.717, 1.165) is 5.56 Å². The maximum atomic E-state index is 11.7. The van der Waals surface area contributed by atoms with Gasteiger partial charge in [-0.25, -0.2) is 9.59 Å². The molecule has 0 aromatic heterocycles. The normalized spacial score (nSPS) is 22.9. The van der Waals surface area contributed by atoms with Gasteiger partial charge in [-0.1, -0.05) is 37.3 Å². The lowest BCUT2D eigenvalue weighted by Crippen LogP contribution is -2.42. The average molecular weight is 249 g/mol. The fourth-order valence-corrected chi connectivity index (χ4v) is 2.12. The summed E-state index contributed by atoms with van der Waals surface area (Å²) in [6.45, 7) is 2.06. The standard InChI is InChI=1S/C13H15NO4/c1-2-10-11(12(15)16)14(13(17)18-10)8-9-6-4-3-5-7-9/h3-7,10-11H,2,8H2,1H3,(H,15,16). The summed E-state index contributed by atoms with van der Waals surface area (Å²) in [4.78, 5) is 24.2. The number of carboxylic acids is 1. The molecule has 0 radical (unpaired) electrons. The number of ether oxygens (including phenoxy) is 1. The van der Waals surface area contributed by atoms with E-state index in [4.69, 9.17) is 4.74 Å². The number of carboxylic acid groups (broad SMARTS) is 1. The van der Waals surface area contributed by atoms with Crippen LogP contribution in [0.2, 0.25) is 0 Å². The van der Waals surface area contributed by atoms with Crippen molar-refractivity contribution in [1.29, 1.82) is 0 Å². The molecule has 18 heavy (non-hydrogen) atoms. The Bertz CT molecular complexity index is 446. The maximum absolute atomic E-state index is 11.7. The molecule has 1 amide bonds. The number of amides is 1. The highest BCUT2D eigenvalue weighted by atomic mass is 16.6. The molecule has 96 valence electrons. The molecule has 0 aliphatic carbocycles. The Labute approximate surface area is 105 Å². The molecular weight excluding hydrogens is 234 g/mol. The molecular formula is C13H15NO4. The molecule has 2 atom stereocenters. The van der Waals surface area contributed by atoms with Gasteiger partial charge in [-0.2, -0.15) is 0 Å². The molecule has 1 N–H and O–H groups in total. The lowest BCUT2D eigenvalue weighted by atomic mass is 10.1. The Hall–Kier alpha value is -2.04. The van der Waals surface area contributed by atoms with Crippen LogP contribution in [-0.4, -0.2) is 34.2 Å². The van der Waals surface area contributed by atoms with Gasteiger partial charge in [-0.05, 0) is 12.0 Å². The van der Waals surface area contributed by atoms with Crippen LogP contribution in [0, 0.1) is 0 Å². The summed E-state index contributed by atoms with van der Waals surface area (Å²) in [5.74, 6) is -1.02. The average Bonchev–Trinajstić information content (AvgIpc) is 2.67. The molecule has 0 saturated carbocycles. The van der Waals surface area contributed by atoms with E-state index in [0.29, 0.717) is 6.42 Å². The highest BCUT2D eigenvalue weighted by Gasteiger charge is 2.45. The predicted molar refractivity (Wildman–Crippen MR) is 64.0 cm³/mol. The van der Waals surface area contributed by atoms with Gasteiger partial charge in [0.2, 0.25) is 0 Å². The summed E-state index contributed by atoms with van der Waals surface area (Å²) in [6.07, 6.45) is -0.634. The van der Waals surface area contributed by atoms with Crippen LogP contribution in [0.25, 0.3) is 0 Å². The van der Waals surface area contributed by atoms with Crippen molar-refractivity contribution < 1.29 is 19.4 Å². The second-order valence-electron chi connectivity index (χ2n) is 4.23. The van der Waals surface area contributed by atoms with E-state index in [2.05, 4.69) is 0 Å². The van der Waals surface area contributed by atoms with Crippen molar-refractivity contribution in [2.75, 3.05) is 0 Å².